The first kappa shape index (κ1) is 13.8. The molecule has 1 fully saturated rings. The van der Waals surface area contributed by atoms with E-state index >= 15 is 0 Å². The zero-order valence-corrected chi connectivity index (χ0v) is 11.7. The van der Waals surface area contributed by atoms with Crippen LogP contribution in [0.5, 0.6) is 6.01 Å². The van der Waals surface area contributed by atoms with E-state index in [0.717, 1.165) is 12.3 Å². The average molecular weight is 266 g/mol. The number of nitrogens with one attached hydrogen (secondary N) is 2. The van der Waals surface area contributed by atoms with Crippen LogP contribution >= 0.6 is 0 Å². The van der Waals surface area contributed by atoms with Gasteiger partial charge in [0.1, 0.15) is 0 Å². The van der Waals surface area contributed by atoms with Gasteiger partial charge >= 0.3 is 6.01 Å². The summed E-state index contributed by atoms with van der Waals surface area (Å²) in [4.78, 5) is 12.4. The molecule has 0 saturated heterocycles. The third kappa shape index (κ3) is 3.44. The molecule has 1 heterocycles. The Hall–Kier alpha value is -1.63. The Morgan fingerprint density at radius 1 is 1.16 bits per heavy atom. The molecule has 19 heavy (non-hydrogen) atoms. The van der Waals surface area contributed by atoms with Crippen molar-refractivity contribution in [3.63, 3.8) is 0 Å². The van der Waals surface area contributed by atoms with Crippen LogP contribution in [0, 0.1) is 11.8 Å². The van der Waals surface area contributed by atoms with Gasteiger partial charge in [0.15, 0.2) is 0 Å². The molecule has 0 spiro atoms. The Kier molecular flexibility index (Phi) is 4.36. The molecule has 0 amide bonds. The van der Waals surface area contributed by atoms with Gasteiger partial charge in [0.25, 0.3) is 0 Å². The molecular formula is C12H22N6O. The van der Waals surface area contributed by atoms with Gasteiger partial charge in [0, 0.05) is 6.04 Å². The van der Waals surface area contributed by atoms with Gasteiger partial charge in [-0.2, -0.15) is 15.0 Å². The molecule has 1 aliphatic rings. The molecule has 0 bridgehead atoms. The number of anilines is 2. The predicted octanol–water partition coefficient (Wildman–Crippen LogP) is 1.40. The highest BCUT2D eigenvalue weighted by molar-refractivity contribution is 5.35. The first-order chi connectivity index (χ1) is 9.12. The SMILES string of the molecule is COc1nc(NN)nc(NC2CCC(C)CC2C)n1. The largest absolute Gasteiger partial charge is 0.467 e. The maximum Gasteiger partial charge on any atom is 0.322 e. The molecule has 3 unspecified atom stereocenters. The summed E-state index contributed by atoms with van der Waals surface area (Å²) in [5, 5.41) is 3.36. The minimum atomic E-state index is 0.252. The fraction of sp³-hybridized carbons (Fsp3) is 0.750. The highest BCUT2D eigenvalue weighted by Crippen LogP contribution is 2.30. The van der Waals surface area contributed by atoms with Crippen molar-refractivity contribution in [2.75, 3.05) is 17.9 Å². The lowest BCUT2D eigenvalue weighted by Gasteiger charge is -2.33. The molecule has 0 radical (unpaired) electrons. The van der Waals surface area contributed by atoms with E-state index in [2.05, 4.69) is 39.5 Å². The van der Waals surface area contributed by atoms with Crippen LogP contribution in [-0.2, 0) is 0 Å². The van der Waals surface area contributed by atoms with Crippen LogP contribution in [-0.4, -0.2) is 28.1 Å². The van der Waals surface area contributed by atoms with Crippen LogP contribution in [0.25, 0.3) is 0 Å². The first-order valence-electron chi connectivity index (χ1n) is 6.65. The van der Waals surface area contributed by atoms with Gasteiger partial charge in [-0.1, -0.05) is 13.8 Å². The van der Waals surface area contributed by atoms with Crippen molar-refractivity contribution < 1.29 is 4.74 Å². The molecule has 7 nitrogen and oxygen atoms in total. The quantitative estimate of drug-likeness (QED) is 0.559. The van der Waals surface area contributed by atoms with Gasteiger partial charge in [0.2, 0.25) is 11.9 Å². The molecule has 1 saturated carbocycles. The second-order valence-electron chi connectivity index (χ2n) is 5.26. The van der Waals surface area contributed by atoms with Crippen molar-refractivity contribution in [3.05, 3.63) is 0 Å². The zero-order valence-electron chi connectivity index (χ0n) is 11.7. The summed E-state index contributed by atoms with van der Waals surface area (Å²) in [5.41, 5.74) is 2.42. The third-order valence-corrected chi connectivity index (χ3v) is 3.67. The fourth-order valence-electron chi connectivity index (χ4n) is 2.62. The molecule has 7 heteroatoms. The molecule has 1 aliphatic carbocycles. The number of nitrogens with zero attached hydrogens (tertiary/aromatic N) is 3. The number of nitrogens with two attached hydrogens (primary N) is 1. The summed E-state index contributed by atoms with van der Waals surface area (Å²) in [6.07, 6.45) is 3.58. The summed E-state index contributed by atoms with van der Waals surface area (Å²) >= 11 is 0. The lowest BCUT2D eigenvalue weighted by molar-refractivity contribution is 0.275. The van der Waals surface area contributed by atoms with Gasteiger partial charge in [-0.05, 0) is 31.1 Å². The zero-order chi connectivity index (χ0) is 13.8. The molecule has 0 aromatic carbocycles. The summed E-state index contributed by atoms with van der Waals surface area (Å²) in [7, 11) is 1.52. The monoisotopic (exact) mass is 266 g/mol. The van der Waals surface area contributed by atoms with E-state index in [1.54, 1.807) is 0 Å². The van der Waals surface area contributed by atoms with Gasteiger partial charge in [-0.3, -0.25) is 5.43 Å². The van der Waals surface area contributed by atoms with E-state index in [9.17, 15) is 0 Å². The number of hydrogen-bond donors (Lipinski definition) is 3. The number of methoxy groups -OCH3 is 1. The second kappa shape index (κ2) is 6.01. The molecular weight excluding hydrogens is 244 g/mol. The average Bonchev–Trinajstić information content (AvgIpc) is 2.41. The summed E-state index contributed by atoms with van der Waals surface area (Å²) < 4.78 is 5.03. The summed E-state index contributed by atoms with van der Waals surface area (Å²) in [6, 6.07) is 0.635. The minimum Gasteiger partial charge on any atom is -0.467 e. The topological polar surface area (TPSA) is 98.0 Å². The lowest BCUT2D eigenvalue weighted by atomic mass is 9.80. The van der Waals surface area contributed by atoms with E-state index in [1.807, 2.05) is 0 Å². The molecule has 3 atom stereocenters. The van der Waals surface area contributed by atoms with Crippen molar-refractivity contribution in [2.24, 2.45) is 17.7 Å². The minimum absolute atomic E-state index is 0.252. The highest BCUT2D eigenvalue weighted by atomic mass is 16.5. The van der Waals surface area contributed by atoms with E-state index in [1.165, 1.54) is 20.0 Å². The Morgan fingerprint density at radius 3 is 2.53 bits per heavy atom. The van der Waals surface area contributed by atoms with Gasteiger partial charge < -0.3 is 10.1 Å². The van der Waals surface area contributed by atoms with Crippen molar-refractivity contribution >= 4 is 11.9 Å². The maximum atomic E-state index is 5.33. The van der Waals surface area contributed by atoms with Gasteiger partial charge in [-0.25, -0.2) is 5.84 Å². The van der Waals surface area contributed by atoms with Crippen LogP contribution in [0.1, 0.15) is 33.1 Å². The van der Waals surface area contributed by atoms with Crippen molar-refractivity contribution in [1.82, 2.24) is 15.0 Å². The summed E-state index contributed by atoms with van der Waals surface area (Å²) in [6.45, 7) is 4.56. The molecule has 4 N–H and O–H groups in total. The smallest absolute Gasteiger partial charge is 0.322 e. The third-order valence-electron chi connectivity index (χ3n) is 3.67. The van der Waals surface area contributed by atoms with Crippen molar-refractivity contribution in [3.8, 4) is 6.01 Å². The van der Waals surface area contributed by atoms with Crippen molar-refractivity contribution in [2.45, 2.75) is 39.2 Å². The number of nitrogen functional groups attached to an aromatic ring is 1. The van der Waals surface area contributed by atoms with Crippen LogP contribution in [0.15, 0.2) is 0 Å². The molecule has 0 aliphatic heterocycles. The van der Waals surface area contributed by atoms with Crippen LogP contribution in [0.2, 0.25) is 0 Å². The van der Waals surface area contributed by atoms with Crippen molar-refractivity contribution in [1.29, 1.82) is 0 Å². The van der Waals surface area contributed by atoms with Gasteiger partial charge in [-0.15, -0.1) is 0 Å². The first-order valence-corrected chi connectivity index (χ1v) is 6.65. The van der Waals surface area contributed by atoms with E-state index in [4.69, 9.17) is 10.6 Å². The number of hydrogen-bond acceptors (Lipinski definition) is 7. The summed E-state index contributed by atoms with van der Waals surface area (Å²) in [5.74, 6) is 7.53. The Labute approximate surface area is 113 Å². The Balaban J connectivity index is 2.09. The molecule has 1 aromatic heterocycles. The number of rotatable bonds is 4. The lowest BCUT2D eigenvalue weighted by Crippen LogP contribution is -2.33. The van der Waals surface area contributed by atoms with Crippen LogP contribution in [0.3, 0.4) is 0 Å². The van der Waals surface area contributed by atoms with Gasteiger partial charge in [0.05, 0.1) is 7.11 Å². The Morgan fingerprint density at radius 2 is 1.89 bits per heavy atom. The second-order valence-corrected chi connectivity index (χ2v) is 5.26. The van der Waals surface area contributed by atoms with E-state index in [-0.39, 0.29) is 6.01 Å². The predicted molar refractivity (Wildman–Crippen MR) is 73.8 cm³/mol. The molecule has 106 valence electrons. The van der Waals surface area contributed by atoms with Crippen LogP contribution < -0.4 is 21.3 Å². The standard InChI is InChI=1S/C12H22N6O/c1-7-4-5-9(8(2)6-7)14-10-15-11(18-13)17-12(16-10)19-3/h7-9H,4-6,13H2,1-3H3,(H2,14,15,16,17,18). The van der Waals surface area contributed by atoms with E-state index in [0.29, 0.717) is 23.9 Å². The van der Waals surface area contributed by atoms with E-state index < -0.39 is 0 Å². The molecule has 2 rings (SSSR count). The highest BCUT2D eigenvalue weighted by Gasteiger charge is 2.26. The molecule has 1 aromatic rings. The Bertz CT molecular complexity index is 404. The number of aromatic nitrogens is 3. The normalized spacial score (nSPS) is 26.8. The van der Waals surface area contributed by atoms with Crippen LogP contribution in [0.4, 0.5) is 11.9 Å². The fourth-order valence-corrected chi connectivity index (χ4v) is 2.62. The number of ether oxygens (including phenoxy) is 1. The number of hydrazine groups is 1. The maximum absolute atomic E-state index is 5.33.